The van der Waals surface area contributed by atoms with Crippen LogP contribution in [-0.4, -0.2) is 23.3 Å². The first-order chi connectivity index (χ1) is 9.79. The van der Waals surface area contributed by atoms with E-state index in [0.29, 0.717) is 6.07 Å². The molecule has 0 saturated heterocycles. The Morgan fingerprint density at radius 1 is 1.29 bits per heavy atom. The largest absolute Gasteiger partial charge is 0.304 e. The van der Waals surface area contributed by atoms with Crippen molar-refractivity contribution in [2.45, 2.75) is 4.90 Å². The van der Waals surface area contributed by atoms with Crippen LogP contribution in [0.1, 0.15) is 0 Å². The summed E-state index contributed by atoms with van der Waals surface area (Å²) in [6, 6.07) is 3.37. The van der Waals surface area contributed by atoms with E-state index in [1.807, 2.05) is 0 Å². The quantitative estimate of drug-likeness (QED) is 0.520. The van der Waals surface area contributed by atoms with Gasteiger partial charge in [0.05, 0.1) is 9.82 Å². The molecule has 0 aliphatic rings. The molecule has 0 aliphatic carbocycles. The maximum Gasteiger partial charge on any atom is 0.304 e. The van der Waals surface area contributed by atoms with Gasteiger partial charge in [0.2, 0.25) is 5.82 Å². The van der Waals surface area contributed by atoms with E-state index in [1.54, 1.807) is 0 Å². The molecule has 0 spiro atoms. The summed E-state index contributed by atoms with van der Waals surface area (Å²) in [6.07, 6.45) is 1.04. The highest BCUT2D eigenvalue weighted by molar-refractivity contribution is 7.92. The van der Waals surface area contributed by atoms with Gasteiger partial charge in [-0.05, 0) is 6.07 Å². The summed E-state index contributed by atoms with van der Waals surface area (Å²) >= 11 is 5.58. The highest BCUT2D eigenvalue weighted by atomic mass is 35.5. The van der Waals surface area contributed by atoms with E-state index < -0.39 is 31.3 Å². The van der Waals surface area contributed by atoms with E-state index in [0.717, 1.165) is 24.5 Å². The van der Waals surface area contributed by atoms with Gasteiger partial charge in [-0.2, -0.15) is 4.39 Å². The van der Waals surface area contributed by atoms with Crippen molar-refractivity contribution in [2.24, 2.45) is 0 Å². The number of hydrogen-bond donors (Lipinski definition) is 1. The van der Waals surface area contributed by atoms with E-state index in [4.69, 9.17) is 11.6 Å². The van der Waals surface area contributed by atoms with E-state index in [2.05, 4.69) is 14.7 Å². The van der Waals surface area contributed by atoms with Gasteiger partial charge < -0.3 is 0 Å². The third kappa shape index (κ3) is 3.41. The van der Waals surface area contributed by atoms with Crippen molar-refractivity contribution < 1.29 is 17.7 Å². The van der Waals surface area contributed by atoms with E-state index in [9.17, 15) is 22.9 Å². The van der Waals surface area contributed by atoms with Crippen molar-refractivity contribution in [1.82, 2.24) is 9.97 Å². The van der Waals surface area contributed by atoms with Crippen LogP contribution in [0.25, 0.3) is 0 Å². The molecule has 8 nitrogen and oxygen atoms in total. The Kier molecular flexibility index (Phi) is 4.00. The molecule has 11 heteroatoms. The zero-order valence-corrected chi connectivity index (χ0v) is 11.6. The van der Waals surface area contributed by atoms with E-state index >= 15 is 0 Å². The molecule has 0 amide bonds. The fourth-order valence-corrected chi connectivity index (χ4v) is 2.55. The number of halogens is 2. The maximum absolute atomic E-state index is 13.5. The Bertz CT molecular complexity index is 814. The van der Waals surface area contributed by atoms with Gasteiger partial charge in [0, 0.05) is 18.2 Å². The predicted octanol–water partition coefficient (Wildman–Crippen LogP) is 1.98. The minimum atomic E-state index is -4.16. The predicted molar refractivity (Wildman–Crippen MR) is 70.9 cm³/mol. The van der Waals surface area contributed by atoms with Crippen molar-refractivity contribution in [1.29, 1.82) is 0 Å². The number of hydrogen-bond acceptors (Lipinski definition) is 6. The van der Waals surface area contributed by atoms with E-state index in [1.165, 1.54) is 0 Å². The number of rotatable bonds is 4. The Balaban J connectivity index is 2.36. The molecule has 1 N–H and O–H groups in total. The smallest absolute Gasteiger partial charge is 0.263 e. The first kappa shape index (κ1) is 15.1. The SMILES string of the molecule is O=[N+]([O-])c1ccc(S(=O)(=O)Nc2cc(Cl)ncn2)cc1F. The minimum absolute atomic E-state index is 0.0116. The number of benzene rings is 1. The Morgan fingerprint density at radius 3 is 2.57 bits per heavy atom. The van der Waals surface area contributed by atoms with Gasteiger partial charge in [-0.1, -0.05) is 11.6 Å². The number of aromatic nitrogens is 2. The highest BCUT2D eigenvalue weighted by Gasteiger charge is 2.21. The van der Waals surface area contributed by atoms with Crippen LogP contribution in [0.3, 0.4) is 0 Å². The second kappa shape index (κ2) is 5.58. The van der Waals surface area contributed by atoms with Crippen LogP contribution >= 0.6 is 11.6 Å². The fourth-order valence-electron chi connectivity index (χ4n) is 1.39. The van der Waals surface area contributed by atoms with Gasteiger partial charge in [0.15, 0.2) is 0 Å². The molecule has 0 fully saturated rings. The van der Waals surface area contributed by atoms with Gasteiger partial charge >= 0.3 is 5.69 Å². The summed E-state index contributed by atoms with van der Waals surface area (Å²) in [7, 11) is -4.16. The number of nitrogens with one attached hydrogen (secondary N) is 1. The number of sulfonamides is 1. The average Bonchev–Trinajstić information content (AvgIpc) is 2.37. The molecule has 21 heavy (non-hydrogen) atoms. The lowest BCUT2D eigenvalue weighted by Gasteiger charge is -2.07. The summed E-state index contributed by atoms with van der Waals surface area (Å²) in [6.45, 7) is 0. The minimum Gasteiger partial charge on any atom is -0.263 e. The van der Waals surface area contributed by atoms with Gasteiger partial charge in [-0.25, -0.2) is 18.4 Å². The summed E-state index contributed by atoms with van der Waals surface area (Å²) in [5.41, 5.74) is -0.820. The summed E-state index contributed by atoms with van der Waals surface area (Å²) in [5.74, 6) is -1.38. The zero-order valence-electron chi connectivity index (χ0n) is 10.0. The van der Waals surface area contributed by atoms with Gasteiger partial charge in [0.1, 0.15) is 17.3 Å². The number of nitro groups is 1. The molecule has 0 bridgehead atoms. The van der Waals surface area contributed by atoms with Crippen LogP contribution in [0.15, 0.2) is 35.5 Å². The molecule has 0 aliphatic heterocycles. The van der Waals surface area contributed by atoms with Crippen LogP contribution in [0.2, 0.25) is 5.15 Å². The molecule has 2 aromatic rings. The standard InChI is InChI=1S/C10H6ClFN4O4S/c11-9-4-10(14-5-13-9)15-21(19,20)6-1-2-8(16(17)18)7(12)3-6/h1-5H,(H,13,14,15). The molecule has 2 rings (SSSR count). The van der Waals surface area contributed by atoms with Gasteiger partial charge in [0.25, 0.3) is 10.0 Å². The molecule has 0 unspecified atom stereocenters. The van der Waals surface area contributed by atoms with Crippen LogP contribution in [0.4, 0.5) is 15.9 Å². The van der Waals surface area contributed by atoms with Crippen molar-refractivity contribution in [2.75, 3.05) is 4.72 Å². The lowest BCUT2D eigenvalue weighted by Crippen LogP contribution is -2.14. The highest BCUT2D eigenvalue weighted by Crippen LogP contribution is 2.22. The molecule has 0 saturated carbocycles. The van der Waals surface area contributed by atoms with Gasteiger partial charge in [-0.3, -0.25) is 14.8 Å². The normalized spacial score (nSPS) is 11.1. The molecule has 0 atom stereocenters. The number of anilines is 1. The maximum atomic E-state index is 13.5. The summed E-state index contributed by atoms with van der Waals surface area (Å²) in [5, 5.41) is 10.5. The van der Waals surface area contributed by atoms with Gasteiger partial charge in [-0.15, -0.1) is 0 Å². The fraction of sp³-hybridized carbons (Fsp3) is 0. The zero-order chi connectivity index (χ0) is 15.6. The van der Waals surface area contributed by atoms with Crippen molar-refractivity contribution in [3.63, 3.8) is 0 Å². The van der Waals surface area contributed by atoms with Crippen LogP contribution in [0.5, 0.6) is 0 Å². The van der Waals surface area contributed by atoms with Crippen molar-refractivity contribution >= 4 is 33.1 Å². The van der Waals surface area contributed by atoms with Crippen LogP contribution in [0, 0.1) is 15.9 Å². The monoisotopic (exact) mass is 332 g/mol. The molecule has 110 valence electrons. The molecular formula is C10H6ClFN4O4S. The molecule has 1 aromatic heterocycles. The first-order valence-corrected chi connectivity index (χ1v) is 7.10. The first-order valence-electron chi connectivity index (χ1n) is 5.24. The lowest BCUT2D eigenvalue weighted by molar-refractivity contribution is -0.387. The lowest BCUT2D eigenvalue weighted by atomic mass is 10.3. The van der Waals surface area contributed by atoms with E-state index in [-0.39, 0.29) is 11.0 Å². The molecule has 0 radical (unpaired) electrons. The Morgan fingerprint density at radius 2 is 2.00 bits per heavy atom. The Labute approximate surface area is 122 Å². The summed E-state index contributed by atoms with van der Waals surface area (Å²) in [4.78, 5) is 16.2. The van der Waals surface area contributed by atoms with Crippen molar-refractivity contribution in [3.8, 4) is 0 Å². The topological polar surface area (TPSA) is 115 Å². The number of nitrogens with zero attached hydrogens (tertiary/aromatic N) is 3. The number of nitro benzene ring substituents is 1. The van der Waals surface area contributed by atoms with Crippen LogP contribution < -0.4 is 4.72 Å². The Hall–Kier alpha value is -2.33. The third-order valence-corrected chi connectivity index (χ3v) is 3.86. The second-order valence-electron chi connectivity index (χ2n) is 3.70. The second-order valence-corrected chi connectivity index (χ2v) is 5.77. The molecular weight excluding hydrogens is 327 g/mol. The molecule has 1 aromatic carbocycles. The summed E-state index contributed by atoms with van der Waals surface area (Å²) < 4.78 is 39.5. The van der Waals surface area contributed by atoms with Crippen molar-refractivity contribution in [3.05, 3.63) is 51.7 Å². The third-order valence-electron chi connectivity index (χ3n) is 2.30. The molecule has 1 heterocycles. The average molecular weight is 333 g/mol. The van der Waals surface area contributed by atoms with Crippen LogP contribution in [-0.2, 0) is 10.0 Å².